The summed E-state index contributed by atoms with van der Waals surface area (Å²) < 4.78 is 30.6. The lowest BCUT2D eigenvalue weighted by molar-refractivity contribution is 0.0507. The fourth-order valence-electron chi connectivity index (χ4n) is 2.90. The van der Waals surface area contributed by atoms with Gasteiger partial charge in [0.2, 0.25) is 0 Å². The second-order valence-corrected chi connectivity index (χ2v) is 5.71. The summed E-state index contributed by atoms with van der Waals surface area (Å²) in [4.78, 5) is 2.23. The van der Waals surface area contributed by atoms with Crippen LogP contribution in [0, 0.1) is 5.92 Å². The van der Waals surface area contributed by atoms with Gasteiger partial charge in [-0.1, -0.05) is 24.3 Å². The van der Waals surface area contributed by atoms with Crippen LogP contribution in [0.1, 0.15) is 36.4 Å². The molecule has 21 heavy (non-hydrogen) atoms. The number of hydrogen-bond donors (Lipinski definition) is 1. The zero-order valence-electron chi connectivity index (χ0n) is 12.5. The average Bonchev–Trinajstić information content (AvgIpc) is 2.49. The van der Waals surface area contributed by atoms with Gasteiger partial charge in [-0.15, -0.1) is 0 Å². The summed E-state index contributed by atoms with van der Waals surface area (Å²) in [5.41, 5.74) is 6.95. The van der Waals surface area contributed by atoms with Crippen molar-refractivity contribution in [3.05, 3.63) is 35.4 Å². The van der Waals surface area contributed by atoms with E-state index in [-0.39, 0.29) is 11.6 Å². The predicted octanol–water partition coefficient (Wildman–Crippen LogP) is 2.98. The van der Waals surface area contributed by atoms with Gasteiger partial charge >= 0.3 is 0 Å². The number of hydrogen-bond acceptors (Lipinski definition) is 3. The van der Waals surface area contributed by atoms with Gasteiger partial charge in [-0.3, -0.25) is 4.90 Å². The molecule has 1 heterocycles. The Kier molecular flexibility index (Phi) is 6.08. The van der Waals surface area contributed by atoms with Crippen LogP contribution in [0.5, 0.6) is 0 Å². The first-order valence-corrected chi connectivity index (χ1v) is 7.48. The third-order valence-electron chi connectivity index (χ3n) is 4.22. The molecule has 0 amide bonds. The molecule has 2 N–H and O–H groups in total. The van der Waals surface area contributed by atoms with Crippen LogP contribution >= 0.6 is 0 Å². The summed E-state index contributed by atoms with van der Waals surface area (Å²) in [5.74, 6) is 0.623. The highest BCUT2D eigenvalue weighted by atomic mass is 19.3. The first-order valence-electron chi connectivity index (χ1n) is 7.48. The molecule has 1 aromatic rings. The fraction of sp³-hybridized carbons (Fsp3) is 0.625. The van der Waals surface area contributed by atoms with Gasteiger partial charge in [-0.25, -0.2) is 8.78 Å². The second kappa shape index (κ2) is 7.82. The molecule has 1 aromatic carbocycles. The Morgan fingerprint density at radius 2 is 1.76 bits per heavy atom. The zero-order valence-corrected chi connectivity index (χ0v) is 12.5. The van der Waals surface area contributed by atoms with Crippen molar-refractivity contribution in [2.45, 2.75) is 25.3 Å². The van der Waals surface area contributed by atoms with Crippen LogP contribution in [-0.4, -0.2) is 38.3 Å². The van der Waals surface area contributed by atoms with Crippen LogP contribution in [0.2, 0.25) is 0 Å². The van der Waals surface area contributed by atoms with Gasteiger partial charge in [-0.05, 0) is 31.4 Å². The minimum Gasteiger partial charge on any atom is -0.381 e. The number of rotatable bonds is 6. The molecule has 0 aliphatic carbocycles. The quantitative estimate of drug-likeness (QED) is 0.877. The molecule has 1 saturated heterocycles. The molecule has 0 bridgehead atoms. The van der Waals surface area contributed by atoms with Gasteiger partial charge in [0.25, 0.3) is 6.43 Å². The molecule has 5 heteroatoms. The van der Waals surface area contributed by atoms with E-state index in [1.54, 1.807) is 12.1 Å². The maximum atomic E-state index is 12.6. The minimum atomic E-state index is -2.42. The lowest BCUT2D eigenvalue weighted by Gasteiger charge is -2.32. The molecule has 0 spiro atoms. The summed E-state index contributed by atoms with van der Waals surface area (Å²) in [5, 5.41) is 0. The van der Waals surface area contributed by atoms with E-state index in [4.69, 9.17) is 10.5 Å². The SMILES string of the molecule is CN(CC1CCOCC1)C(CN)c1ccc(C(F)F)cc1. The van der Waals surface area contributed by atoms with Crippen molar-refractivity contribution >= 4 is 0 Å². The Bertz CT molecular complexity index is 419. The predicted molar refractivity (Wildman–Crippen MR) is 79.4 cm³/mol. The Balaban J connectivity index is 2.00. The van der Waals surface area contributed by atoms with E-state index < -0.39 is 6.43 Å². The van der Waals surface area contributed by atoms with E-state index in [9.17, 15) is 8.78 Å². The van der Waals surface area contributed by atoms with Gasteiger partial charge in [0.05, 0.1) is 0 Å². The van der Waals surface area contributed by atoms with Gasteiger partial charge in [0.1, 0.15) is 0 Å². The van der Waals surface area contributed by atoms with Crippen molar-refractivity contribution in [3.8, 4) is 0 Å². The molecule has 1 fully saturated rings. The van der Waals surface area contributed by atoms with Crippen molar-refractivity contribution in [2.24, 2.45) is 11.7 Å². The fourth-order valence-corrected chi connectivity index (χ4v) is 2.90. The van der Waals surface area contributed by atoms with Crippen molar-refractivity contribution < 1.29 is 13.5 Å². The van der Waals surface area contributed by atoms with Crippen molar-refractivity contribution in [1.82, 2.24) is 4.90 Å². The Morgan fingerprint density at radius 3 is 2.29 bits per heavy atom. The molecule has 0 aromatic heterocycles. The Labute approximate surface area is 125 Å². The lowest BCUT2D eigenvalue weighted by Crippen LogP contribution is -2.36. The first-order chi connectivity index (χ1) is 10.1. The monoisotopic (exact) mass is 298 g/mol. The number of alkyl halides is 2. The highest BCUT2D eigenvalue weighted by molar-refractivity contribution is 5.26. The Hall–Kier alpha value is -1.04. The lowest BCUT2D eigenvalue weighted by atomic mass is 9.97. The second-order valence-electron chi connectivity index (χ2n) is 5.71. The van der Waals surface area contributed by atoms with E-state index in [0.29, 0.717) is 12.5 Å². The molecule has 3 nitrogen and oxygen atoms in total. The minimum absolute atomic E-state index is 0.0570. The molecule has 0 saturated carbocycles. The maximum Gasteiger partial charge on any atom is 0.263 e. The van der Waals surface area contributed by atoms with E-state index >= 15 is 0 Å². The van der Waals surface area contributed by atoms with E-state index in [2.05, 4.69) is 4.90 Å². The highest BCUT2D eigenvalue weighted by Crippen LogP contribution is 2.25. The van der Waals surface area contributed by atoms with Crippen molar-refractivity contribution in [3.63, 3.8) is 0 Å². The molecule has 2 rings (SSSR count). The first kappa shape index (κ1) is 16.3. The highest BCUT2D eigenvalue weighted by Gasteiger charge is 2.21. The van der Waals surface area contributed by atoms with Crippen LogP contribution in [0.25, 0.3) is 0 Å². The number of halogens is 2. The van der Waals surface area contributed by atoms with Crippen molar-refractivity contribution in [2.75, 3.05) is 33.4 Å². The number of ether oxygens (including phenoxy) is 1. The van der Waals surface area contributed by atoms with Crippen LogP contribution < -0.4 is 5.73 Å². The zero-order chi connectivity index (χ0) is 15.2. The van der Waals surface area contributed by atoms with Gasteiger partial charge in [0, 0.05) is 37.9 Å². The third kappa shape index (κ3) is 4.46. The summed E-state index contributed by atoms with van der Waals surface area (Å²) in [7, 11) is 2.05. The topological polar surface area (TPSA) is 38.5 Å². The molecular formula is C16H24F2N2O. The maximum absolute atomic E-state index is 12.6. The molecule has 1 unspecified atom stereocenters. The number of nitrogens with zero attached hydrogens (tertiary/aromatic N) is 1. The molecule has 0 radical (unpaired) electrons. The smallest absolute Gasteiger partial charge is 0.263 e. The molecule has 1 aliphatic heterocycles. The van der Waals surface area contributed by atoms with Crippen LogP contribution in [0.4, 0.5) is 8.78 Å². The average molecular weight is 298 g/mol. The summed E-state index contributed by atoms with van der Waals surface area (Å²) >= 11 is 0. The third-order valence-corrected chi connectivity index (χ3v) is 4.22. The number of benzene rings is 1. The molecule has 1 aliphatic rings. The number of nitrogens with two attached hydrogens (primary N) is 1. The van der Waals surface area contributed by atoms with Crippen LogP contribution in [-0.2, 0) is 4.74 Å². The Morgan fingerprint density at radius 1 is 1.19 bits per heavy atom. The van der Waals surface area contributed by atoms with E-state index in [0.717, 1.165) is 38.2 Å². The van der Waals surface area contributed by atoms with Gasteiger partial charge in [-0.2, -0.15) is 0 Å². The largest absolute Gasteiger partial charge is 0.381 e. The van der Waals surface area contributed by atoms with Crippen LogP contribution in [0.3, 0.4) is 0 Å². The standard InChI is InChI=1S/C16H24F2N2O/c1-20(11-12-6-8-21-9-7-12)15(10-19)13-2-4-14(5-3-13)16(17)18/h2-5,12,15-16H,6-11,19H2,1H3. The van der Waals surface area contributed by atoms with E-state index in [1.807, 2.05) is 7.05 Å². The summed E-state index contributed by atoms with van der Waals surface area (Å²) in [6, 6.07) is 6.58. The van der Waals surface area contributed by atoms with E-state index in [1.165, 1.54) is 12.1 Å². The summed E-state index contributed by atoms with van der Waals surface area (Å²) in [6.07, 6.45) is -0.270. The van der Waals surface area contributed by atoms with Gasteiger partial charge < -0.3 is 10.5 Å². The van der Waals surface area contributed by atoms with Crippen LogP contribution in [0.15, 0.2) is 24.3 Å². The van der Waals surface area contributed by atoms with Crippen molar-refractivity contribution in [1.29, 1.82) is 0 Å². The molecule has 1 atom stereocenters. The molecule has 118 valence electrons. The van der Waals surface area contributed by atoms with Gasteiger partial charge in [0.15, 0.2) is 0 Å². The normalized spacial score (nSPS) is 18.4. The number of likely N-dealkylation sites (N-methyl/N-ethyl adjacent to an activating group) is 1. The molecular weight excluding hydrogens is 274 g/mol. The summed E-state index contributed by atoms with van der Waals surface area (Å²) in [6.45, 7) is 3.10.